The van der Waals surface area contributed by atoms with Crippen molar-refractivity contribution < 1.29 is 9.53 Å². The van der Waals surface area contributed by atoms with Gasteiger partial charge < -0.3 is 14.5 Å². The Bertz CT molecular complexity index is 729. The fraction of sp³-hybridized carbons (Fsp3) is 0.450. The topological polar surface area (TPSA) is 61.8 Å². The Morgan fingerprint density at radius 2 is 1.78 bits per heavy atom. The van der Waals surface area contributed by atoms with Crippen LogP contribution in [0.3, 0.4) is 0 Å². The first kappa shape index (κ1) is 17.9. The summed E-state index contributed by atoms with van der Waals surface area (Å²) in [6, 6.07) is 9.54. The van der Waals surface area contributed by atoms with Crippen molar-refractivity contribution >= 4 is 11.7 Å². The molecule has 27 heavy (non-hydrogen) atoms. The number of carbonyl (C=O) groups is 1. The van der Waals surface area contributed by atoms with Crippen molar-refractivity contribution in [3.05, 3.63) is 54.5 Å². The molecular weight excluding hydrogens is 342 g/mol. The predicted molar refractivity (Wildman–Crippen MR) is 102 cm³/mol. The first-order valence-corrected chi connectivity index (χ1v) is 9.49. The van der Waals surface area contributed by atoms with Crippen LogP contribution in [-0.2, 0) is 9.53 Å². The van der Waals surface area contributed by atoms with Gasteiger partial charge in [0, 0.05) is 57.9 Å². The lowest BCUT2D eigenvalue weighted by Gasteiger charge is -2.40. The van der Waals surface area contributed by atoms with Gasteiger partial charge in [-0.2, -0.15) is 0 Å². The van der Waals surface area contributed by atoms with E-state index in [4.69, 9.17) is 4.74 Å². The molecule has 7 heteroatoms. The second kappa shape index (κ2) is 8.45. The molecule has 0 aliphatic carbocycles. The summed E-state index contributed by atoms with van der Waals surface area (Å²) >= 11 is 0. The smallest absolute Gasteiger partial charge is 0.244 e. The average Bonchev–Trinajstić information content (AvgIpc) is 2.76. The van der Waals surface area contributed by atoms with E-state index in [2.05, 4.69) is 19.8 Å². The highest BCUT2D eigenvalue weighted by molar-refractivity contribution is 5.83. The first-order chi connectivity index (χ1) is 13.3. The fourth-order valence-corrected chi connectivity index (χ4v) is 3.75. The first-order valence-electron chi connectivity index (χ1n) is 9.49. The minimum Gasteiger partial charge on any atom is -0.379 e. The van der Waals surface area contributed by atoms with E-state index in [9.17, 15) is 4.79 Å². The van der Waals surface area contributed by atoms with Gasteiger partial charge in [0.25, 0.3) is 0 Å². The Labute approximate surface area is 159 Å². The summed E-state index contributed by atoms with van der Waals surface area (Å²) in [7, 11) is 0. The zero-order valence-electron chi connectivity index (χ0n) is 15.4. The zero-order valence-corrected chi connectivity index (χ0v) is 15.4. The van der Waals surface area contributed by atoms with Crippen LogP contribution in [0.1, 0.15) is 11.6 Å². The molecule has 4 heterocycles. The van der Waals surface area contributed by atoms with Crippen LogP contribution in [0.15, 0.2) is 48.9 Å². The van der Waals surface area contributed by atoms with Gasteiger partial charge in [-0.05, 0) is 23.8 Å². The molecule has 4 rings (SSSR count). The maximum Gasteiger partial charge on any atom is 0.244 e. The minimum atomic E-state index is -0.288. The number of morpholine rings is 1. The zero-order chi connectivity index (χ0) is 18.5. The summed E-state index contributed by atoms with van der Waals surface area (Å²) in [4.78, 5) is 28.5. The minimum absolute atomic E-state index is 0.158. The molecule has 7 nitrogen and oxygen atoms in total. The highest BCUT2D eigenvalue weighted by atomic mass is 16.5. The van der Waals surface area contributed by atoms with Crippen LogP contribution >= 0.6 is 0 Å². The molecule has 0 bridgehead atoms. The molecule has 2 aromatic heterocycles. The van der Waals surface area contributed by atoms with Crippen molar-refractivity contribution in [2.75, 3.05) is 57.4 Å². The summed E-state index contributed by atoms with van der Waals surface area (Å²) in [6.45, 7) is 5.86. The lowest BCUT2D eigenvalue weighted by atomic mass is 10.0. The van der Waals surface area contributed by atoms with Crippen LogP contribution in [0.2, 0.25) is 0 Å². The average molecular weight is 367 g/mol. The van der Waals surface area contributed by atoms with E-state index in [1.165, 1.54) is 0 Å². The standard InChI is InChI=1S/C20H25N5O2/c26-20(25-10-8-23(9-11-25)18-5-1-2-7-22-18)19(17-4-3-6-21-16-17)24-12-14-27-15-13-24/h1-7,16,19H,8-15H2. The molecule has 0 aromatic carbocycles. The Balaban J connectivity index is 1.47. The molecule has 0 N–H and O–H groups in total. The van der Waals surface area contributed by atoms with Gasteiger partial charge in [0.1, 0.15) is 11.9 Å². The van der Waals surface area contributed by atoms with Crippen molar-refractivity contribution in [2.24, 2.45) is 0 Å². The van der Waals surface area contributed by atoms with Crippen LogP contribution in [0.5, 0.6) is 0 Å². The number of rotatable bonds is 4. The van der Waals surface area contributed by atoms with E-state index in [-0.39, 0.29) is 11.9 Å². The Hall–Kier alpha value is -2.51. The van der Waals surface area contributed by atoms with Crippen molar-refractivity contribution in [1.82, 2.24) is 19.8 Å². The Morgan fingerprint density at radius 3 is 2.44 bits per heavy atom. The quantitative estimate of drug-likeness (QED) is 0.809. The van der Waals surface area contributed by atoms with Crippen molar-refractivity contribution in [3.8, 4) is 0 Å². The molecule has 2 aliphatic rings. The summed E-state index contributed by atoms with van der Waals surface area (Å²) in [5, 5.41) is 0. The number of carbonyl (C=O) groups excluding carboxylic acids is 1. The predicted octanol–water partition coefficient (Wildman–Crippen LogP) is 1.20. The molecule has 2 saturated heterocycles. The van der Waals surface area contributed by atoms with E-state index in [1.807, 2.05) is 47.6 Å². The van der Waals surface area contributed by atoms with Crippen LogP contribution < -0.4 is 4.90 Å². The van der Waals surface area contributed by atoms with Crippen LogP contribution in [0.4, 0.5) is 5.82 Å². The molecule has 1 atom stereocenters. The van der Waals surface area contributed by atoms with Crippen molar-refractivity contribution in [3.63, 3.8) is 0 Å². The van der Waals surface area contributed by atoms with E-state index < -0.39 is 0 Å². The normalized spacial score (nSPS) is 19.7. The van der Waals surface area contributed by atoms with Gasteiger partial charge in [0.15, 0.2) is 0 Å². The molecule has 0 radical (unpaired) electrons. The molecule has 2 fully saturated rings. The molecule has 2 aliphatic heterocycles. The number of hydrogen-bond acceptors (Lipinski definition) is 6. The van der Waals surface area contributed by atoms with Crippen LogP contribution in [0, 0.1) is 0 Å². The van der Waals surface area contributed by atoms with Crippen molar-refractivity contribution in [2.45, 2.75) is 6.04 Å². The van der Waals surface area contributed by atoms with E-state index in [1.54, 1.807) is 6.20 Å². The van der Waals surface area contributed by atoms with Gasteiger partial charge in [-0.25, -0.2) is 4.98 Å². The van der Waals surface area contributed by atoms with E-state index >= 15 is 0 Å². The maximum atomic E-state index is 13.4. The van der Waals surface area contributed by atoms with Crippen molar-refractivity contribution in [1.29, 1.82) is 0 Å². The molecule has 0 spiro atoms. The summed E-state index contributed by atoms with van der Waals surface area (Å²) < 4.78 is 5.48. The van der Waals surface area contributed by atoms with Crippen LogP contribution in [-0.4, -0.2) is 78.2 Å². The molecule has 0 saturated carbocycles. The monoisotopic (exact) mass is 367 g/mol. The maximum absolute atomic E-state index is 13.4. The molecule has 2 aromatic rings. The highest BCUT2D eigenvalue weighted by Gasteiger charge is 2.34. The van der Waals surface area contributed by atoms with Crippen LogP contribution in [0.25, 0.3) is 0 Å². The summed E-state index contributed by atoms with van der Waals surface area (Å²) in [5.74, 6) is 1.13. The van der Waals surface area contributed by atoms with E-state index in [0.29, 0.717) is 26.3 Å². The third kappa shape index (κ3) is 4.09. The third-order valence-electron chi connectivity index (χ3n) is 5.21. The number of amides is 1. The number of hydrogen-bond donors (Lipinski definition) is 0. The van der Waals surface area contributed by atoms with Gasteiger partial charge in [0.05, 0.1) is 13.2 Å². The number of nitrogens with zero attached hydrogens (tertiary/aromatic N) is 5. The SMILES string of the molecule is O=C(C(c1cccnc1)N1CCOCC1)N1CCN(c2ccccn2)CC1. The summed E-state index contributed by atoms with van der Waals surface area (Å²) in [6.07, 6.45) is 5.36. The Kier molecular flexibility index (Phi) is 5.60. The molecule has 142 valence electrons. The Morgan fingerprint density at radius 1 is 0.963 bits per heavy atom. The molecule has 1 amide bonds. The summed E-state index contributed by atoms with van der Waals surface area (Å²) in [5.41, 5.74) is 0.955. The van der Waals surface area contributed by atoms with E-state index in [0.717, 1.165) is 37.6 Å². The largest absolute Gasteiger partial charge is 0.379 e. The second-order valence-electron chi connectivity index (χ2n) is 6.84. The number of pyridine rings is 2. The number of ether oxygens (including phenoxy) is 1. The fourth-order valence-electron chi connectivity index (χ4n) is 3.75. The van der Waals surface area contributed by atoms with Gasteiger partial charge in [-0.1, -0.05) is 12.1 Å². The van der Waals surface area contributed by atoms with Gasteiger partial charge in [0.2, 0.25) is 5.91 Å². The van der Waals surface area contributed by atoms with Gasteiger partial charge in [-0.15, -0.1) is 0 Å². The third-order valence-corrected chi connectivity index (χ3v) is 5.21. The number of anilines is 1. The van der Waals surface area contributed by atoms with Gasteiger partial charge >= 0.3 is 0 Å². The lowest BCUT2D eigenvalue weighted by molar-refractivity contribution is -0.139. The molecule has 1 unspecified atom stereocenters. The highest BCUT2D eigenvalue weighted by Crippen LogP contribution is 2.25. The number of aromatic nitrogens is 2. The van der Waals surface area contributed by atoms with Gasteiger partial charge in [-0.3, -0.25) is 14.7 Å². The lowest BCUT2D eigenvalue weighted by Crippen LogP contribution is -2.53. The number of piperazine rings is 1. The second-order valence-corrected chi connectivity index (χ2v) is 6.84. The molecular formula is C20H25N5O2.